The Kier molecular flexibility index (Phi) is 3.44. The van der Waals surface area contributed by atoms with E-state index in [1.54, 1.807) is 11.3 Å². The molecule has 3 atom stereocenters. The van der Waals surface area contributed by atoms with Crippen molar-refractivity contribution < 1.29 is 5.11 Å². The zero-order chi connectivity index (χ0) is 11.8. The number of nitrogens with one attached hydrogen (secondary N) is 1. The van der Waals surface area contributed by atoms with Gasteiger partial charge < -0.3 is 10.4 Å². The van der Waals surface area contributed by atoms with Gasteiger partial charge in [0.1, 0.15) is 0 Å². The van der Waals surface area contributed by atoms with E-state index >= 15 is 0 Å². The first-order valence-corrected chi connectivity index (χ1v) is 7.65. The summed E-state index contributed by atoms with van der Waals surface area (Å²) in [6.07, 6.45) is 6.57. The normalized spacial score (nSPS) is 32.7. The molecule has 0 radical (unpaired) electrons. The molecular weight excluding hydrogens is 254 g/mol. The van der Waals surface area contributed by atoms with Crippen LogP contribution in [0.2, 0.25) is 4.34 Å². The Balaban J connectivity index is 1.70. The van der Waals surface area contributed by atoms with Gasteiger partial charge in [-0.15, -0.1) is 11.3 Å². The van der Waals surface area contributed by atoms with E-state index in [2.05, 4.69) is 11.4 Å². The number of rotatable bonds is 2. The molecule has 1 saturated carbocycles. The fourth-order valence-electron chi connectivity index (χ4n) is 3.07. The second-order valence-electron chi connectivity index (χ2n) is 5.15. The van der Waals surface area contributed by atoms with Gasteiger partial charge in [0.15, 0.2) is 0 Å². The van der Waals surface area contributed by atoms with Crippen molar-refractivity contribution in [1.29, 1.82) is 0 Å². The second-order valence-corrected chi connectivity index (χ2v) is 6.91. The lowest BCUT2D eigenvalue weighted by Gasteiger charge is -2.31. The van der Waals surface area contributed by atoms with E-state index in [1.807, 2.05) is 0 Å². The fraction of sp³-hybridized carbons (Fsp3) is 0.692. The summed E-state index contributed by atoms with van der Waals surface area (Å²) in [5.74, 6) is 0. The number of halogens is 1. The number of aryl methyl sites for hydroxylation is 1. The number of hydrogen-bond donors (Lipinski definition) is 2. The Morgan fingerprint density at radius 3 is 2.94 bits per heavy atom. The molecule has 1 aromatic heterocycles. The molecule has 0 spiro atoms. The van der Waals surface area contributed by atoms with Crippen LogP contribution in [0.4, 0.5) is 0 Å². The van der Waals surface area contributed by atoms with Crippen LogP contribution in [0.5, 0.6) is 0 Å². The molecule has 3 rings (SSSR count). The summed E-state index contributed by atoms with van der Waals surface area (Å²) >= 11 is 7.76. The Labute approximate surface area is 111 Å². The zero-order valence-corrected chi connectivity index (χ0v) is 11.4. The molecule has 17 heavy (non-hydrogen) atoms. The molecule has 2 aliphatic carbocycles. The van der Waals surface area contributed by atoms with Gasteiger partial charge >= 0.3 is 0 Å². The third kappa shape index (κ3) is 2.39. The molecule has 0 bridgehead atoms. The number of fused-ring (bicyclic) bond motifs is 1. The minimum Gasteiger partial charge on any atom is -0.392 e. The number of thiophene rings is 1. The SMILES string of the molecule is OC1CCCCC1NC1CCc2sc(Cl)cc21. The van der Waals surface area contributed by atoms with Crippen molar-refractivity contribution in [1.82, 2.24) is 5.32 Å². The highest BCUT2D eigenvalue weighted by molar-refractivity contribution is 7.16. The first-order valence-electron chi connectivity index (χ1n) is 6.46. The first-order chi connectivity index (χ1) is 8.24. The molecule has 3 unspecified atom stereocenters. The van der Waals surface area contributed by atoms with Gasteiger partial charge in [-0.1, -0.05) is 24.4 Å². The first kappa shape index (κ1) is 12.0. The molecule has 1 fully saturated rings. The van der Waals surface area contributed by atoms with Gasteiger partial charge in [-0.05, 0) is 37.3 Å². The Hall–Kier alpha value is -0.0900. The molecule has 0 amide bonds. The van der Waals surface area contributed by atoms with Crippen LogP contribution in [-0.4, -0.2) is 17.3 Å². The Morgan fingerprint density at radius 2 is 2.12 bits per heavy atom. The van der Waals surface area contributed by atoms with Crippen LogP contribution in [-0.2, 0) is 6.42 Å². The highest BCUT2D eigenvalue weighted by Crippen LogP contribution is 2.40. The standard InChI is InChI=1S/C13H18ClNOS/c14-13-7-8-9(5-6-12(8)17-13)15-10-3-1-2-4-11(10)16/h7,9-11,15-16H,1-6H2. The van der Waals surface area contributed by atoms with Crippen molar-refractivity contribution in [2.45, 2.75) is 56.7 Å². The summed E-state index contributed by atoms with van der Waals surface area (Å²) in [6, 6.07) is 2.78. The maximum absolute atomic E-state index is 10.00. The van der Waals surface area contributed by atoms with Gasteiger partial charge in [-0.2, -0.15) is 0 Å². The van der Waals surface area contributed by atoms with Crippen molar-refractivity contribution in [3.63, 3.8) is 0 Å². The van der Waals surface area contributed by atoms with E-state index in [1.165, 1.54) is 23.3 Å². The van der Waals surface area contributed by atoms with E-state index in [4.69, 9.17) is 11.6 Å². The summed E-state index contributed by atoms with van der Waals surface area (Å²) in [5.41, 5.74) is 1.37. The van der Waals surface area contributed by atoms with E-state index in [-0.39, 0.29) is 12.1 Å². The number of aliphatic hydroxyl groups excluding tert-OH is 1. The molecule has 4 heteroatoms. The lowest BCUT2D eigenvalue weighted by molar-refractivity contribution is 0.0848. The van der Waals surface area contributed by atoms with Gasteiger partial charge in [-0.25, -0.2) is 0 Å². The summed E-state index contributed by atoms with van der Waals surface area (Å²) in [7, 11) is 0. The Morgan fingerprint density at radius 1 is 1.29 bits per heavy atom. The molecule has 94 valence electrons. The van der Waals surface area contributed by atoms with Crippen molar-refractivity contribution in [3.05, 3.63) is 20.8 Å². The molecule has 1 heterocycles. The van der Waals surface area contributed by atoms with Gasteiger partial charge in [0.25, 0.3) is 0 Å². The second kappa shape index (κ2) is 4.88. The highest BCUT2D eigenvalue weighted by atomic mass is 35.5. The summed E-state index contributed by atoms with van der Waals surface area (Å²) in [5, 5.41) is 13.6. The summed E-state index contributed by atoms with van der Waals surface area (Å²) in [4.78, 5) is 1.43. The van der Waals surface area contributed by atoms with Crippen LogP contribution >= 0.6 is 22.9 Å². The third-order valence-corrected chi connectivity index (χ3v) is 5.33. The van der Waals surface area contributed by atoms with Gasteiger partial charge in [0, 0.05) is 17.0 Å². The van der Waals surface area contributed by atoms with Crippen LogP contribution in [0.15, 0.2) is 6.07 Å². The quantitative estimate of drug-likeness (QED) is 0.865. The van der Waals surface area contributed by atoms with Crippen LogP contribution in [0.25, 0.3) is 0 Å². The number of aliphatic hydroxyl groups is 1. The van der Waals surface area contributed by atoms with E-state index in [0.29, 0.717) is 6.04 Å². The monoisotopic (exact) mass is 271 g/mol. The predicted octanol–water partition coefficient (Wildman–Crippen LogP) is 3.28. The van der Waals surface area contributed by atoms with Gasteiger partial charge in [0.2, 0.25) is 0 Å². The topological polar surface area (TPSA) is 32.3 Å². The van der Waals surface area contributed by atoms with Gasteiger partial charge in [-0.3, -0.25) is 0 Å². The average Bonchev–Trinajstić information content (AvgIpc) is 2.82. The molecule has 2 nitrogen and oxygen atoms in total. The zero-order valence-electron chi connectivity index (χ0n) is 9.79. The minimum absolute atomic E-state index is 0.165. The van der Waals surface area contributed by atoms with Crippen molar-refractivity contribution in [3.8, 4) is 0 Å². The smallest absolute Gasteiger partial charge is 0.0934 e. The van der Waals surface area contributed by atoms with Gasteiger partial charge in [0.05, 0.1) is 10.4 Å². The fourth-order valence-corrected chi connectivity index (χ4v) is 4.42. The largest absolute Gasteiger partial charge is 0.392 e. The number of hydrogen-bond acceptors (Lipinski definition) is 3. The maximum atomic E-state index is 10.00. The van der Waals surface area contributed by atoms with Crippen molar-refractivity contribution in [2.75, 3.05) is 0 Å². The highest BCUT2D eigenvalue weighted by Gasteiger charge is 2.30. The van der Waals surface area contributed by atoms with E-state index in [0.717, 1.165) is 30.0 Å². The van der Waals surface area contributed by atoms with Crippen LogP contribution in [0.3, 0.4) is 0 Å². The third-order valence-electron chi connectivity index (χ3n) is 3.99. The predicted molar refractivity (Wildman–Crippen MR) is 71.8 cm³/mol. The molecule has 2 N–H and O–H groups in total. The summed E-state index contributed by atoms with van der Waals surface area (Å²) in [6.45, 7) is 0. The average molecular weight is 272 g/mol. The van der Waals surface area contributed by atoms with Crippen LogP contribution in [0.1, 0.15) is 48.6 Å². The molecule has 0 aromatic carbocycles. The Bertz CT molecular complexity index is 406. The minimum atomic E-state index is -0.165. The lowest BCUT2D eigenvalue weighted by Crippen LogP contribution is -2.43. The molecule has 1 aromatic rings. The van der Waals surface area contributed by atoms with Crippen molar-refractivity contribution in [2.24, 2.45) is 0 Å². The van der Waals surface area contributed by atoms with E-state index < -0.39 is 0 Å². The van der Waals surface area contributed by atoms with Crippen molar-refractivity contribution >= 4 is 22.9 Å². The molecule has 0 aliphatic heterocycles. The summed E-state index contributed by atoms with van der Waals surface area (Å²) < 4.78 is 0.894. The van der Waals surface area contributed by atoms with Crippen LogP contribution < -0.4 is 5.32 Å². The van der Waals surface area contributed by atoms with E-state index in [9.17, 15) is 5.11 Å². The molecule has 2 aliphatic rings. The maximum Gasteiger partial charge on any atom is 0.0934 e. The lowest BCUT2D eigenvalue weighted by atomic mass is 9.91. The molecular formula is C13H18ClNOS. The molecule has 0 saturated heterocycles. The van der Waals surface area contributed by atoms with Crippen LogP contribution in [0, 0.1) is 0 Å².